The molecule has 1 saturated heterocycles. The van der Waals surface area contributed by atoms with Crippen molar-refractivity contribution in [2.75, 3.05) is 0 Å². The summed E-state index contributed by atoms with van der Waals surface area (Å²) in [7, 11) is 0. The molecule has 0 spiro atoms. The highest BCUT2D eigenvalue weighted by molar-refractivity contribution is 5.92. The van der Waals surface area contributed by atoms with Crippen LogP contribution in [0.4, 0.5) is 13.2 Å². The fourth-order valence-corrected chi connectivity index (χ4v) is 5.63. The van der Waals surface area contributed by atoms with Crippen LogP contribution >= 0.6 is 0 Å². The maximum atomic E-state index is 13.2. The van der Waals surface area contributed by atoms with E-state index in [0.717, 1.165) is 25.7 Å². The third-order valence-corrected chi connectivity index (χ3v) is 7.84. The van der Waals surface area contributed by atoms with Crippen LogP contribution in [-0.4, -0.2) is 48.4 Å². The van der Waals surface area contributed by atoms with Crippen molar-refractivity contribution in [1.82, 2.24) is 35.0 Å². The van der Waals surface area contributed by atoms with E-state index < -0.39 is 24.0 Å². The van der Waals surface area contributed by atoms with Gasteiger partial charge in [0.2, 0.25) is 5.91 Å². The lowest BCUT2D eigenvalue weighted by molar-refractivity contribution is -0.154. The number of aryl methyl sites for hydroxylation is 1. The van der Waals surface area contributed by atoms with Crippen molar-refractivity contribution in [1.29, 1.82) is 0 Å². The van der Waals surface area contributed by atoms with Crippen molar-refractivity contribution in [2.24, 2.45) is 17.8 Å². The molecule has 204 valence electrons. The topological polar surface area (TPSA) is 106 Å². The molecular formula is C26H32F3N7O2. The number of rotatable bonds is 7. The zero-order chi connectivity index (χ0) is 27.0. The van der Waals surface area contributed by atoms with Gasteiger partial charge in [0.1, 0.15) is 11.7 Å². The summed E-state index contributed by atoms with van der Waals surface area (Å²) in [6.07, 6.45) is 2.77. The van der Waals surface area contributed by atoms with Crippen molar-refractivity contribution < 1.29 is 22.8 Å². The third kappa shape index (κ3) is 5.39. The molecule has 1 saturated carbocycles. The lowest BCUT2D eigenvalue weighted by Crippen LogP contribution is -2.38. The number of carbonyl (C=O) groups excluding carboxylic acids is 2. The number of alkyl halides is 3. The first-order valence-corrected chi connectivity index (χ1v) is 13.2. The second-order valence-corrected chi connectivity index (χ2v) is 10.5. The molecule has 2 aliphatic rings. The predicted molar refractivity (Wildman–Crippen MR) is 132 cm³/mol. The molecule has 38 heavy (non-hydrogen) atoms. The van der Waals surface area contributed by atoms with E-state index in [2.05, 4.69) is 22.4 Å². The average molecular weight is 532 g/mol. The SMILES string of the molecule is CCn1nccc1C(=O)N[C@H](c1cn2nc(CC3C[C@@H](C(F)(F)F)NC3=O)ccc2n1)[C@H]1CC[C@H](C)CC1. The molecule has 0 bridgehead atoms. The van der Waals surface area contributed by atoms with Crippen LogP contribution in [-0.2, 0) is 17.8 Å². The minimum absolute atomic E-state index is 0.101. The number of carbonyl (C=O) groups is 2. The van der Waals surface area contributed by atoms with E-state index in [0.29, 0.717) is 35.2 Å². The summed E-state index contributed by atoms with van der Waals surface area (Å²) in [5.41, 5.74) is 2.23. The van der Waals surface area contributed by atoms with Gasteiger partial charge in [0.25, 0.3) is 5.91 Å². The highest BCUT2D eigenvalue weighted by Gasteiger charge is 2.47. The average Bonchev–Trinajstić information content (AvgIpc) is 3.61. The lowest BCUT2D eigenvalue weighted by atomic mass is 9.78. The molecule has 9 nitrogen and oxygen atoms in total. The van der Waals surface area contributed by atoms with Gasteiger partial charge in [0, 0.05) is 25.1 Å². The molecule has 1 aliphatic carbocycles. The zero-order valence-corrected chi connectivity index (χ0v) is 21.4. The first-order chi connectivity index (χ1) is 18.1. The minimum atomic E-state index is -4.47. The molecule has 3 aromatic heterocycles. The summed E-state index contributed by atoms with van der Waals surface area (Å²) in [6, 6.07) is 2.98. The van der Waals surface area contributed by atoms with Gasteiger partial charge in [-0.15, -0.1) is 0 Å². The van der Waals surface area contributed by atoms with Crippen molar-refractivity contribution in [3.05, 3.63) is 47.7 Å². The summed E-state index contributed by atoms with van der Waals surface area (Å²) in [5, 5.41) is 14.0. The molecule has 1 unspecified atom stereocenters. The molecule has 2 fully saturated rings. The number of imidazole rings is 1. The Morgan fingerprint density at radius 1 is 1.21 bits per heavy atom. The van der Waals surface area contributed by atoms with E-state index in [1.165, 1.54) is 0 Å². The predicted octanol–water partition coefficient (Wildman–Crippen LogP) is 3.85. The quantitative estimate of drug-likeness (QED) is 0.482. The van der Waals surface area contributed by atoms with Gasteiger partial charge in [-0.3, -0.25) is 14.3 Å². The first kappa shape index (κ1) is 26.2. The van der Waals surface area contributed by atoms with Crippen LogP contribution in [0.3, 0.4) is 0 Å². The lowest BCUT2D eigenvalue weighted by Gasteiger charge is -2.32. The summed E-state index contributed by atoms with van der Waals surface area (Å²) >= 11 is 0. The number of amides is 2. The smallest absolute Gasteiger partial charge is 0.344 e. The Bertz CT molecular complexity index is 1310. The summed E-state index contributed by atoms with van der Waals surface area (Å²) in [5.74, 6) is -0.779. The van der Waals surface area contributed by atoms with Crippen LogP contribution in [0.15, 0.2) is 30.6 Å². The normalized spacial score (nSPS) is 24.9. The number of fused-ring (bicyclic) bond motifs is 1. The second kappa shape index (κ2) is 10.4. The van der Waals surface area contributed by atoms with E-state index in [4.69, 9.17) is 4.98 Å². The van der Waals surface area contributed by atoms with Crippen molar-refractivity contribution in [2.45, 2.75) is 77.2 Å². The van der Waals surface area contributed by atoms with Gasteiger partial charge in [0.05, 0.1) is 23.6 Å². The summed E-state index contributed by atoms with van der Waals surface area (Å²) < 4.78 is 42.4. The molecule has 1 aliphatic heterocycles. The van der Waals surface area contributed by atoms with Crippen molar-refractivity contribution in [3.63, 3.8) is 0 Å². The molecule has 12 heteroatoms. The number of hydrogen-bond acceptors (Lipinski definition) is 5. The Morgan fingerprint density at radius 2 is 1.97 bits per heavy atom. The molecule has 3 aromatic rings. The summed E-state index contributed by atoms with van der Waals surface area (Å²) in [4.78, 5) is 30.1. The van der Waals surface area contributed by atoms with Gasteiger partial charge in [0.15, 0.2) is 5.65 Å². The maximum absolute atomic E-state index is 13.2. The van der Waals surface area contributed by atoms with Crippen LogP contribution < -0.4 is 10.6 Å². The number of nitrogens with one attached hydrogen (secondary N) is 2. The van der Waals surface area contributed by atoms with Crippen LogP contribution in [0.1, 0.15) is 73.9 Å². The standard InChI is InChI=1S/C26H32F3N7O2/c1-3-35-20(10-11-30-35)25(38)33-23(16-6-4-15(2)5-7-16)19-14-36-22(31-19)9-8-18(34-36)12-17-13-21(26(27,28)29)32-24(17)37/h8-11,14-17,21,23H,3-7,12-13H2,1-2H3,(H,32,37)(H,33,38)/t15-,16-,17?,21-,23-/m0/s1. The Morgan fingerprint density at radius 3 is 2.66 bits per heavy atom. The molecule has 0 radical (unpaired) electrons. The Balaban J connectivity index is 1.38. The maximum Gasteiger partial charge on any atom is 0.408 e. The molecule has 3 atom stereocenters. The van der Waals surface area contributed by atoms with Gasteiger partial charge >= 0.3 is 6.18 Å². The third-order valence-electron chi connectivity index (χ3n) is 7.84. The van der Waals surface area contributed by atoms with Crippen LogP contribution in [0.5, 0.6) is 0 Å². The molecule has 2 N–H and O–H groups in total. The number of aromatic nitrogens is 5. The van der Waals surface area contributed by atoms with E-state index in [1.807, 2.05) is 12.2 Å². The second-order valence-electron chi connectivity index (χ2n) is 10.5. The van der Waals surface area contributed by atoms with E-state index in [1.54, 1.807) is 39.8 Å². The highest BCUT2D eigenvalue weighted by Crippen LogP contribution is 2.37. The highest BCUT2D eigenvalue weighted by atomic mass is 19.4. The first-order valence-electron chi connectivity index (χ1n) is 13.2. The fourth-order valence-electron chi connectivity index (χ4n) is 5.63. The zero-order valence-electron chi connectivity index (χ0n) is 21.4. The van der Waals surface area contributed by atoms with E-state index in [9.17, 15) is 22.8 Å². The fraction of sp³-hybridized carbons (Fsp3) is 0.577. The van der Waals surface area contributed by atoms with Gasteiger partial charge in [-0.05, 0) is 56.2 Å². The van der Waals surface area contributed by atoms with Crippen molar-refractivity contribution >= 4 is 17.5 Å². The van der Waals surface area contributed by atoms with E-state index >= 15 is 0 Å². The summed E-state index contributed by atoms with van der Waals surface area (Å²) in [6.45, 7) is 4.74. The van der Waals surface area contributed by atoms with Gasteiger partial charge in [-0.2, -0.15) is 23.4 Å². The molecular weight excluding hydrogens is 499 g/mol. The Labute approximate surface area is 218 Å². The van der Waals surface area contributed by atoms with Crippen LogP contribution in [0.2, 0.25) is 0 Å². The Hall–Kier alpha value is -3.44. The van der Waals surface area contributed by atoms with Crippen LogP contribution in [0, 0.1) is 17.8 Å². The monoisotopic (exact) mass is 531 g/mol. The molecule has 0 aromatic carbocycles. The number of hydrogen-bond donors (Lipinski definition) is 2. The van der Waals surface area contributed by atoms with Gasteiger partial charge in [-0.1, -0.05) is 19.8 Å². The van der Waals surface area contributed by atoms with Crippen LogP contribution in [0.25, 0.3) is 5.65 Å². The molecule has 2 amide bonds. The van der Waals surface area contributed by atoms with E-state index in [-0.39, 0.29) is 30.7 Å². The van der Waals surface area contributed by atoms with Crippen molar-refractivity contribution in [3.8, 4) is 0 Å². The molecule has 4 heterocycles. The largest absolute Gasteiger partial charge is 0.408 e. The number of nitrogens with zero attached hydrogens (tertiary/aromatic N) is 5. The Kier molecular flexibility index (Phi) is 7.15. The number of halogens is 3. The molecule has 5 rings (SSSR count). The van der Waals surface area contributed by atoms with Gasteiger partial charge < -0.3 is 10.6 Å². The minimum Gasteiger partial charge on any atom is -0.344 e. The van der Waals surface area contributed by atoms with Gasteiger partial charge in [-0.25, -0.2) is 9.50 Å².